The molecular formula is C13H24N4. The van der Waals surface area contributed by atoms with Gasteiger partial charge in [-0.2, -0.15) is 5.10 Å². The van der Waals surface area contributed by atoms with Crippen molar-refractivity contribution in [2.45, 2.75) is 32.6 Å². The third kappa shape index (κ3) is 3.06. The van der Waals surface area contributed by atoms with Crippen LogP contribution in [0.5, 0.6) is 0 Å². The van der Waals surface area contributed by atoms with E-state index in [1.165, 1.54) is 19.3 Å². The van der Waals surface area contributed by atoms with Gasteiger partial charge in [0.25, 0.3) is 0 Å². The molecule has 3 atom stereocenters. The number of nitrogens with zero attached hydrogens (tertiary/aromatic N) is 3. The molecule has 1 aromatic heterocycles. The van der Waals surface area contributed by atoms with Crippen molar-refractivity contribution in [3.05, 3.63) is 12.2 Å². The normalized spacial score (nSPS) is 29.5. The van der Waals surface area contributed by atoms with Crippen molar-refractivity contribution in [3.63, 3.8) is 0 Å². The van der Waals surface area contributed by atoms with Crippen molar-refractivity contribution >= 4 is 0 Å². The van der Waals surface area contributed by atoms with Gasteiger partial charge in [-0.05, 0) is 44.2 Å². The van der Waals surface area contributed by atoms with Gasteiger partial charge in [-0.1, -0.05) is 13.3 Å². The fourth-order valence-electron chi connectivity index (χ4n) is 3.08. The van der Waals surface area contributed by atoms with Gasteiger partial charge in [-0.3, -0.25) is 4.68 Å². The molecular weight excluding hydrogens is 212 g/mol. The van der Waals surface area contributed by atoms with Crippen LogP contribution in [-0.4, -0.2) is 28.4 Å². The molecule has 1 heterocycles. The Hall–Kier alpha value is -0.900. The zero-order chi connectivity index (χ0) is 12.3. The van der Waals surface area contributed by atoms with E-state index in [0.717, 1.165) is 36.5 Å². The first-order chi connectivity index (χ1) is 8.20. The van der Waals surface area contributed by atoms with E-state index in [-0.39, 0.29) is 0 Å². The second kappa shape index (κ2) is 5.63. The Kier molecular flexibility index (Phi) is 4.15. The highest BCUT2D eigenvalue weighted by molar-refractivity contribution is 4.91. The Morgan fingerprint density at radius 1 is 1.41 bits per heavy atom. The molecule has 1 aromatic rings. The molecule has 1 N–H and O–H groups in total. The quantitative estimate of drug-likeness (QED) is 0.864. The van der Waals surface area contributed by atoms with Crippen molar-refractivity contribution in [1.29, 1.82) is 0 Å². The maximum Gasteiger partial charge on any atom is 0.138 e. The number of nitrogens with one attached hydrogen (secondary N) is 1. The highest BCUT2D eigenvalue weighted by Crippen LogP contribution is 2.35. The van der Waals surface area contributed by atoms with Crippen molar-refractivity contribution in [3.8, 4) is 0 Å². The highest BCUT2D eigenvalue weighted by Gasteiger charge is 2.29. The summed E-state index contributed by atoms with van der Waals surface area (Å²) < 4.78 is 1.91. The van der Waals surface area contributed by atoms with Crippen LogP contribution in [0, 0.1) is 17.8 Å². The molecule has 0 radical (unpaired) electrons. The van der Waals surface area contributed by atoms with Crippen molar-refractivity contribution in [1.82, 2.24) is 20.1 Å². The van der Waals surface area contributed by atoms with Crippen LogP contribution in [0.1, 0.15) is 32.0 Å². The molecule has 0 aliphatic heterocycles. The molecule has 1 aliphatic rings. The second-order valence-electron chi connectivity index (χ2n) is 5.50. The summed E-state index contributed by atoms with van der Waals surface area (Å²) in [5.74, 6) is 3.55. The third-order valence-electron chi connectivity index (χ3n) is 4.12. The lowest BCUT2D eigenvalue weighted by atomic mass is 9.73. The van der Waals surface area contributed by atoms with Gasteiger partial charge in [0.1, 0.15) is 12.2 Å². The number of aromatic nitrogens is 3. The molecule has 4 heteroatoms. The van der Waals surface area contributed by atoms with E-state index in [1.807, 2.05) is 11.7 Å². The van der Waals surface area contributed by atoms with Crippen LogP contribution in [0.15, 0.2) is 6.33 Å². The maximum absolute atomic E-state index is 4.36. The van der Waals surface area contributed by atoms with Gasteiger partial charge in [0.15, 0.2) is 0 Å². The van der Waals surface area contributed by atoms with E-state index < -0.39 is 0 Å². The number of hydrogen-bond acceptors (Lipinski definition) is 3. The average molecular weight is 236 g/mol. The first kappa shape index (κ1) is 12.6. The summed E-state index contributed by atoms with van der Waals surface area (Å²) in [6, 6.07) is 0. The van der Waals surface area contributed by atoms with Crippen molar-refractivity contribution < 1.29 is 0 Å². The van der Waals surface area contributed by atoms with Crippen LogP contribution >= 0.6 is 0 Å². The summed E-state index contributed by atoms with van der Waals surface area (Å²) in [5.41, 5.74) is 0. The lowest BCUT2D eigenvalue weighted by Crippen LogP contribution is -2.33. The summed E-state index contributed by atoms with van der Waals surface area (Å²) in [6.45, 7) is 3.51. The molecule has 1 saturated carbocycles. The molecule has 0 spiro atoms. The van der Waals surface area contributed by atoms with E-state index >= 15 is 0 Å². The summed E-state index contributed by atoms with van der Waals surface area (Å²) in [4.78, 5) is 4.36. The Bertz CT molecular complexity index is 347. The van der Waals surface area contributed by atoms with Gasteiger partial charge >= 0.3 is 0 Å². The minimum absolute atomic E-state index is 0.758. The molecule has 0 aromatic carbocycles. The van der Waals surface area contributed by atoms with E-state index in [1.54, 1.807) is 6.33 Å². The summed E-state index contributed by atoms with van der Waals surface area (Å²) in [7, 11) is 4.04. The highest BCUT2D eigenvalue weighted by atomic mass is 15.3. The molecule has 0 amide bonds. The smallest absolute Gasteiger partial charge is 0.138 e. The Balaban J connectivity index is 2.02. The Morgan fingerprint density at radius 2 is 2.24 bits per heavy atom. The fourth-order valence-corrected chi connectivity index (χ4v) is 3.08. The van der Waals surface area contributed by atoms with Crippen LogP contribution in [0.3, 0.4) is 0 Å². The number of aryl methyl sites for hydroxylation is 1. The zero-order valence-corrected chi connectivity index (χ0v) is 11.2. The predicted octanol–water partition coefficient (Wildman–Crippen LogP) is 1.63. The average Bonchev–Trinajstić information content (AvgIpc) is 2.69. The van der Waals surface area contributed by atoms with Gasteiger partial charge in [-0.15, -0.1) is 0 Å². The van der Waals surface area contributed by atoms with Crippen LogP contribution < -0.4 is 5.32 Å². The van der Waals surface area contributed by atoms with Crippen LogP contribution in [0.25, 0.3) is 0 Å². The van der Waals surface area contributed by atoms with Crippen LogP contribution in [0.2, 0.25) is 0 Å². The lowest BCUT2D eigenvalue weighted by molar-refractivity contribution is 0.183. The molecule has 2 rings (SSSR count). The third-order valence-corrected chi connectivity index (χ3v) is 4.12. The monoisotopic (exact) mass is 236 g/mol. The lowest BCUT2D eigenvalue weighted by Gasteiger charge is -2.34. The van der Waals surface area contributed by atoms with E-state index in [9.17, 15) is 0 Å². The van der Waals surface area contributed by atoms with E-state index in [2.05, 4.69) is 29.4 Å². The molecule has 0 bridgehead atoms. The van der Waals surface area contributed by atoms with Crippen LogP contribution in [0.4, 0.5) is 0 Å². The summed E-state index contributed by atoms with van der Waals surface area (Å²) >= 11 is 0. The van der Waals surface area contributed by atoms with Crippen molar-refractivity contribution in [2.75, 3.05) is 13.6 Å². The largest absolute Gasteiger partial charge is 0.319 e. The first-order valence-electron chi connectivity index (χ1n) is 6.68. The predicted molar refractivity (Wildman–Crippen MR) is 68.6 cm³/mol. The summed E-state index contributed by atoms with van der Waals surface area (Å²) in [5, 5.41) is 7.50. The fraction of sp³-hybridized carbons (Fsp3) is 0.846. The molecule has 3 unspecified atom stereocenters. The molecule has 17 heavy (non-hydrogen) atoms. The first-order valence-corrected chi connectivity index (χ1v) is 6.68. The Morgan fingerprint density at radius 3 is 2.88 bits per heavy atom. The molecule has 1 fully saturated rings. The molecule has 0 saturated heterocycles. The summed E-state index contributed by atoms with van der Waals surface area (Å²) in [6.07, 6.45) is 6.80. The zero-order valence-electron chi connectivity index (χ0n) is 11.2. The SMILES string of the molecule is CNCC1CCC(C)CC1Cc1ncnn1C. The molecule has 1 aliphatic carbocycles. The Labute approximate surface area is 104 Å². The van der Waals surface area contributed by atoms with Gasteiger partial charge < -0.3 is 5.32 Å². The molecule has 4 nitrogen and oxygen atoms in total. The van der Waals surface area contributed by atoms with Gasteiger partial charge in [0.05, 0.1) is 0 Å². The maximum atomic E-state index is 4.36. The van der Waals surface area contributed by atoms with Gasteiger partial charge in [0.2, 0.25) is 0 Å². The van der Waals surface area contributed by atoms with Gasteiger partial charge in [0, 0.05) is 13.5 Å². The molecule has 96 valence electrons. The standard InChI is InChI=1S/C13H24N4/c1-10-4-5-11(8-14-2)12(6-10)7-13-15-9-16-17(13)3/h9-12,14H,4-8H2,1-3H3. The van der Waals surface area contributed by atoms with Gasteiger partial charge in [-0.25, -0.2) is 4.98 Å². The minimum atomic E-state index is 0.758. The number of rotatable bonds is 4. The topological polar surface area (TPSA) is 42.7 Å². The second-order valence-corrected chi connectivity index (χ2v) is 5.50. The van der Waals surface area contributed by atoms with E-state index in [4.69, 9.17) is 0 Å². The van der Waals surface area contributed by atoms with Crippen LogP contribution in [-0.2, 0) is 13.5 Å². The number of hydrogen-bond donors (Lipinski definition) is 1. The minimum Gasteiger partial charge on any atom is -0.319 e. The van der Waals surface area contributed by atoms with Crippen molar-refractivity contribution in [2.24, 2.45) is 24.8 Å². The van der Waals surface area contributed by atoms with E-state index in [0.29, 0.717) is 0 Å².